The summed E-state index contributed by atoms with van der Waals surface area (Å²) in [5.74, 6) is 0. The van der Waals surface area contributed by atoms with Crippen LogP contribution in [-0.2, 0) is 0 Å². The van der Waals surface area contributed by atoms with E-state index in [-0.39, 0.29) is 24.8 Å². The van der Waals surface area contributed by atoms with E-state index in [0.29, 0.717) is 6.04 Å². The maximum absolute atomic E-state index is 3.54. The van der Waals surface area contributed by atoms with Crippen LogP contribution >= 0.6 is 24.8 Å². The summed E-state index contributed by atoms with van der Waals surface area (Å²) in [5.41, 5.74) is 4.09. The topological polar surface area (TPSA) is 31.1 Å². The maximum atomic E-state index is 3.54. The molecule has 5 heteroatoms. The van der Waals surface area contributed by atoms with Crippen molar-refractivity contribution in [3.8, 4) is 0 Å². The molecule has 1 aromatic carbocycles. The predicted octanol–water partition coefficient (Wildman–Crippen LogP) is 3.68. The molecule has 21 heavy (non-hydrogen) atoms. The first-order valence-corrected chi connectivity index (χ1v) is 7.33. The lowest BCUT2D eigenvalue weighted by Crippen LogP contribution is -2.45. The van der Waals surface area contributed by atoms with Crippen LogP contribution in [0.2, 0.25) is 0 Å². The fourth-order valence-electron chi connectivity index (χ4n) is 3.37. The molecule has 2 heterocycles. The summed E-state index contributed by atoms with van der Waals surface area (Å²) in [6.45, 7) is 9.03. The lowest BCUT2D eigenvalue weighted by Gasteiger charge is -2.35. The number of nitrogens with one attached hydrogen (secondary N) is 2. The molecule has 1 aliphatic rings. The normalized spacial score (nSPS) is 17.0. The predicted molar refractivity (Wildman–Crippen MR) is 95.0 cm³/mol. The Balaban J connectivity index is 0.00000110. The van der Waals surface area contributed by atoms with E-state index >= 15 is 0 Å². The molecule has 1 aromatic heterocycles. The molecule has 1 aliphatic heterocycles. The first-order valence-electron chi connectivity index (χ1n) is 7.33. The molecule has 0 spiro atoms. The lowest BCUT2D eigenvalue weighted by molar-refractivity contribution is 0.170. The number of fused-ring (bicyclic) bond motifs is 1. The van der Waals surface area contributed by atoms with Crippen LogP contribution < -0.4 is 5.32 Å². The molecule has 1 atom stereocenters. The molecule has 1 saturated heterocycles. The van der Waals surface area contributed by atoms with Crippen molar-refractivity contribution in [2.24, 2.45) is 0 Å². The van der Waals surface area contributed by atoms with Crippen LogP contribution in [0.3, 0.4) is 0 Å². The second-order valence-corrected chi connectivity index (χ2v) is 5.42. The zero-order valence-electron chi connectivity index (χ0n) is 12.7. The number of hydrogen-bond acceptors (Lipinski definition) is 2. The van der Waals surface area contributed by atoms with E-state index in [2.05, 4.69) is 53.3 Å². The van der Waals surface area contributed by atoms with Crippen molar-refractivity contribution < 1.29 is 0 Å². The molecule has 3 rings (SSSR count). The summed E-state index contributed by atoms with van der Waals surface area (Å²) < 4.78 is 0. The number of hydrogen-bond donors (Lipinski definition) is 2. The van der Waals surface area contributed by atoms with E-state index in [1.54, 1.807) is 0 Å². The van der Waals surface area contributed by atoms with Crippen LogP contribution in [0.15, 0.2) is 24.3 Å². The zero-order chi connectivity index (χ0) is 13.2. The Kier molecular flexibility index (Phi) is 7.01. The van der Waals surface area contributed by atoms with Crippen LogP contribution in [0, 0.1) is 6.92 Å². The van der Waals surface area contributed by atoms with Gasteiger partial charge in [-0.3, -0.25) is 4.90 Å². The van der Waals surface area contributed by atoms with Crippen molar-refractivity contribution in [1.29, 1.82) is 0 Å². The van der Waals surface area contributed by atoms with Gasteiger partial charge in [0.15, 0.2) is 0 Å². The number of rotatable bonds is 3. The number of aromatic nitrogens is 1. The summed E-state index contributed by atoms with van der Waals surface area (Å²) in [6, 6.07) is 9.21. The fourth-order valence-corrected chi connectivity index (χ4v) is 3.37. The summed E-state index contributed by atoms with van der Waals surface area (Å²) >= 11 is 0. The molecule has 0 amide bonds. The van der Waals surface area contributed by atoms with Crippen LogP contribution in [0.1, 0.15) is 30.6 Å². The van der Waals surface area contributed by atoms with E-state index in [1.807, 2.05) is 0 Å². The third-order valence-electron chi connectivity index (χ3n) is 4.26. The van der Waals surface area contributed by atoms with Gasteiger partial charge in [-0.05, 0) is 25.0 Å². The first kappa shape index (κ1) is 18.3. The molecular formula is C16H25Cl2N3. The Morgan fingerprint density at radius 2 is 1.81 bits per heavy atom. The van der Waals surface area contributed by atoms with Crippen molar-refractivity contribution in [3.63, 3.8) is 0 Å². The first-order chi connectivity index (χ1) is 9.31. The molecule has 118 valence electrons. The number of nitrogens with zero attached hydrogens (tertiary/aromatic N) is 1. The summed E-state index contributed by atoms with van der Waals surface area (Å²) in [5, 5.41) is 4.84. The van der Waals surface area contributed by atoms with Gasteiger partial charge in [0.05, 0.1) is 0 Å². The highest BCUT2D eigenvalue weighted by Crippen LogP contribution is 2.33. The van der Waals surface area contributed by atoms with Gasteiger partial charge < -0.3 is 10.3 Å². The van der Waals surface area contributed by atoms with Crippen molar-refractivity contribution in [1.82, 2.24) is 15.2 Å². The molecule has 0 unspecified atom stereocenters. The van der Waals surface area contributed by atoms with E-state index in [9.17, 15) is 0 Å². The Morgan fingerprint density at radius 3 is 2.48 bits per heavy atom. The lowest BCUT2D eigenvalue weighted by atomic mass is 9.98. The largest absolute Gasteiger partial charge is 0.358 e. The molecule has 3 nitrogen and oxygen atoms in total. The molecule has 0 aliphatic carbocycles. The minimum absolute atomic E-state index is 0. The molecule has 0 saturated carbocycles. The second-order valence-electron chi connectivity index (χ2n) is 5.42. The van der Waals surface area contributed by atoms with Gasteiger partial charge in [-0.25, -0.2) is 0 Å². The SMILES string of the molecule is CC[C@@H](c1c(C)[nH]c2ccccc12)N1CCNCC1.Cl.Cl. The van der Waals surface area contributed by atoms with Gasteiger partial charge >= 0.3 is 0 Å². The minimum atomic E-state index is 0. The third-order valence-corrected chi connectivity index (χ3v) is 4.26. The Hall–Kier alpha value is -0.740. The number of aryl methyl sites for hydroxylation is 1. The Morgan fingerprint density at radius 1 is 1.14 bits per heavy atom. The number of aromatic amines is 1. The Bertz CT molecular complexity index is 562. The van der Waals surface area contributed by atoms with Gasteiger partial charge in [-0.1, -0.05) is 25.1 Å². The standard InChI is InChI=1S/C16H23N3.2ClH/c1-3-15(19-10-8-17-9-11-19)16-12(2)18-14-7-5-4-6-13(14)16;;/h4-7,15,17-18H,3,8-11H2,1-2H3;2*1H/t15-;;/m0../s1. The molecular weight excluding hydrogens is 305 g/mol. The van der Waals surface area contributed by atoms with E-state index in [4.69, 9.17) is 0 Å². The average Bonchev–Trinajstić information content (AvgIpc) is 2.78. The zero-order valence-corrected chi connectivity index (χ0v) is 14.3. The molecule has 2 N–H and O–H groups in total. The van der Waals surface area contributed by atoms with Gasteiger partial charge in [-0.15, -0.1) is 24.8 Å². The molecule has 2 aromatic rings. The van der Waals surface area contributed by atoms with Gasteiger partial charge in [0.2, 0.25) is 0 Å². The van der Waals surface area contributed by atoms with Crippen molar-refractivity contribution in [2.75, 3.05) is 26.2 Å². The highest BCUT2D eigenvalue weighted by molar-refractivity contribution is 5.86. The van der Waals surface area contributed by atoms with Crippen molar-refractivity contribution >= 4 is 35.7 Å². The second kappa shape index (κ2) is 8.04. The number of H-pyrrole nitrogens is 1. The number of halogens is 2. The summed E-state index contributed by atoms with van der Waals surface area (Å²) in [7, 11) is 0. The van der Waals surface area contributed by atoms with Gasteiger partial charge in [0.1, 0.15) is 0 Å². The van der Waals surface area contributed by atoms with Gasteiger partial charge in [0, 0.05) is 48.8 Å². The maximum Gasteiger partial charge on any atom is 0.0459 e. The van der Waals surface area contributed by atoms with E-state index < -0.39 is 0 Å². The Labute approximate surface area is 139 Å². The van der Waals surface area contributed by atoms with E-state index in [0.717, 1.165) is 26.2 Å². The smallest absolute Gasteiger partial charge is 0.0459 e. The van der Waals surface area contributed by atoms with Crippen LogP contribution in [0.4, 0.5) is 0 Å². The highest BCUT2D eigenvalue weighted by Gasteiger charge is 2.24. The van der Waals surface area contributed by atoms with E-state index in [1.165, 1.54) is 28.6 Å². The minimum Gasteiger partial charge on any atom is -0.358 e. The molecule has 0 bridgehead atoms. The van der Waals surface area contributed by atoms with Crippen molar-refractivity contribution in [2.45, 2.75) is 26.3 Å². The fraction of sp³-hybridized carbons (Fsp3) is 0.500. The highest BCUT2D eigenvalue weighted by atomic mass is 35.5. The third kappa shape index (κ3) is 3.54. The quantitative estimate of drug-likeness (QED) is 0.900. The summed E-state index contributed by atoms with van der Waals surface area (Å²) in [4.78, 5) is 6.16. The van der Waals surface area contributed by atoms with Gasteiger partial charge in [0.25, 0.3) is 0 Å². The average molecular weight is 330 g/mol. The number of benzene rings is 1. The van der Waals surface area contributed by atoms with Crippen LogP contribution in [-0.4, -0.2) is 36.1 Å². The summed E-state index contributed by atoms with van der Waals surface area (Å²) in [6.07, 6.45) is 1.17. The van der Waals surface area contributed by atoms with Gasteiger partial charge in [-0.2, -0.15) is 0 Å². The molecule has 0 radical (unpaired) electrons. The number of para-hydroxylation sites is 1. The monoisotopic (exact) mass is 329 g/mol. The van der Waals surface area contributed by atoms with Crippen LogP contribution in [0.25, 0.3) is 10.9 Å². The van der Waals surface area contributed by atoms with Crippen molar-refractivity contribution in [3.05, 3.63) is 35.5 Å². The van der Waals surface area contributed by atoms with Crippen LogP contribution in [0.5, 0.6) is 0 Å². The molecule has 1 fully saturated rings. The number of piperazine rings is 1.